The minimum absolute atomic E-state index is 0.00741. The predicted octanol–water partition coefficient (Wildman–Crippen LogP) is 4.55. The first-order chi connectivity index (χ1) is 9.88. The molecule has 2 aromatic rings. The van der Waals surface area contributed by atoms with E-state index in [0.717, 1.165) is 16.9 Å². The van der Waals surface area contributed by atoms with Gasteiger partial charge in [-0.15, -0.1) is 0 Å². The van der Waals surface area contributed by atoms with Gasteiger partial charge in [0.2, 0.25) is 0 Å². The lowest BCUT2D eigenvalue weighted by atomic mass is 9.87. The molecule has 2 nitrogen and oxygen atoms in total. The lowest BCUT2D eigenvalue weighted by Gasteiger charge is -2.19. The molecule has 0 aliphatic rings. The van der Waals surface area contributed by atoms with Crippen LogP contribution in [-0.2, 0) is 5.41 Å². The van der Waals surface area contributed by atoms with E-state index in [1.165, 1.54) is 5.56 Å². The number of carbonyl (C=O) groups is 1. The second-order valence-electron chi connectivity index (χ2n) is 6.30. The summed E-state index contributed by atoms with van der Waals surface area (Å²) < 4.78 is 5.60. The van der Waals surface area contributed by atoms with E-state index < -0.39 is 0 Å². The maximum atomic E-state index is 12.1. The average molecular weight is 282 g/mol. The summed E-state index contributed by atoms with van der Waals surface area (Å²) in [5.74, 6) is 0.734. The number of hydrogen-bond acceptors (Lipinski definition) is 2. The second-order valence-corrected chi connectivity index (χ2v) is 6.30. The smallest absolute Gasteiger partial charge is 0.200 e. The van der Waals surface area contributed by atoms with Crippen LogP contribution < -0.4 is 4.74 Å². The fourth-order valence-corrected chi connectivity index (χ4v) is 2.16. The van der Waals surface area contributed by atoms with E-state index in [0.29, 0.717) is 0 Å². The van der Waals surface area contributed by atoms with Gasteiger partial charge in [0.1, 0.15) is 5.75 Å². The molecule has 0 aliphatic carbocycles. The van der Waals surface area contributed by atoms with E-state index in [-0.39, 0.29) is 17.8 Å². The van der Waals surface area contributed by atoms with E-state index in [1.54, 1.807) is 0 Å². The normalized spacial score (nSPS) is 11.2. The van der Waals surface area contributed by atoms with Gasteiger partial charge >= 0.3 is 0 Å². The van der Waals surface area contributed by atoms with Crippen LogP contribution in [0.4, 0.5) is 0 Å². The molecule has 0 aromatic heterocycles. The molecule has 110 valence electrons. The molecule has 0 N–H and O–H groups in total. The van der Waals surface area contributed by atoms with Gasteiger partial charge in [0.05, 0.1) is 0 Å². The lowest BCUT2D eigenvalue weighted by Crippen LogP contribution is -2.13. The van der Waals surface area contributed by atoms with Crippen LogP contribution in [0.25, 0.3) is 0 Å². The number of carbonyl (C=O) groups excluding carboxylic acids is 1. The number of benzene rings is 2. The maximum Gasteiger partial charge on any atom is 0.200 e. The summed E-state index contributed by atoms with van der Waals surface area (Å²) in [5, 5.41) is 0. The summed E-state index contributed by atoms with van der Waals surface area (Å²) >= 11 is 0. The third-order valence-corrected chi connectivity index (χ3v) is 3.54. The van der Waals surface area contributed by atoms with Gasteiger partial charge in [-0.1, -0.05) is 57.2 Å². The Bertz CT molecular complexity index is 619. The highest BCUT2D eigenvalue weighted by atomic mass is 16.5. The summed E-state index contributed by atoms with van der Waals surface area (Å²) in [4.78, 5) is 12.1. The van der Waals surface area contributed by atoms with Gasteiger partial charge in [0.15, 0.2) is 12.4 Å². The van der Waals surface area contributed by atoms with Crippen molar-refractivity contribution in [3.8, 4) is 5.75 Å². The van der Waals surface area contributed by atoms with Crippen LogP contribution in [0, 0.1) is 6.92 Å². The van der Waals surface area contributed by atoms with Gasteiger partial charge in [0.25, 0.3) is 0 Å². The van der Waals surface area contributed by atoms with Crippen LogP contribution in [-0.4, -0.2) is 12.4 Å². The molecule has 0 radical (unpaired) electrons. The van der Waals surface area contributed by atoms with Gasteiger partial charge in [-0.25, -0.2) is 0 Å². The van der Waals surface area contributed by atoms with Crippen LogP contribution in [0.3, 0.4) is 0 Å². The van der Waals surface area contributed by atoms with Gasteiger partial charge in [-0.05, 0) is 35.6 Å². The van der Waals surface area contributed by atoms with Gasteiger partial charge in [0, 0.05) is 5.56 Å². The van der Waals surface area contributed by atoms with Crippen molar-refractivity contribution in [1.82, 2.24) is 0 Å². The van der Waals surface area contributed by atoms with Gasteiger partial charge in [-0.3, -0.25) is 4.79 Å². The van der Waals surface area contributed by atoms with Crippen molar-refractivity contribution in [3.63, 3.8) is 0 Å². The number of ketones is 1. The summed E-state index contributed by atoms with van der Waals surface area (Å²) in [6.45, 7) is 8.52. The molecule has 2 aromatic carbocycles. The van der Waals surface area contributed by atoms with Crippen LogP contribution in [0.2, 0.25) is 0 Å². The molecular formula is C19H22O2. The third-order valence-electron chi connectivity index (χ3n) is 3.54. The minimum atomic E-state index is 0.00741. The molecule has 0 saturated heterocycles. The molecule has 21 heavy (non-hydrogen) atoms. The standard InChI is InChI=1S/C19H22O2/c1-14-7-5-6-8-17(14)18(20)13-21-16-11-9-15(10-12-16)19(2,3)4/h5-12H,13H2,1-4H3. The molecule has 0 heterocycles. The summed E-state index contributed by atoms with van der Waals surface area (Å²) in [6.07, 6.45) is 0. The van der Waals surface area contributed by atoms with Crippen molar-refractivity contribution in [2.75, 3.05) is 6.61 Å². The Morgan fingerprint density at radius 3 is 2.19 bits per heavy atom. The SMILES string of the molecule is Cc1ccccc1C(=O)COc1ccc(C(C)(C)C)cc1. The van der Waals surface area contributed by atoms with Crippen molar-refractivity contribution in [2.45, 2.75) is 33.1 Å². The van der Waals surface area contributed by atoms with Crippen molar-refractivity contribution in [2.24, 2.45) is 0 Å². The highest BCUT2D eigenvalue weighted by Crippen LogP contribution is 2.24. The average Bonchev–Trinajstić information content (AvgIpc) is 2.45. The Morgan fingerprint density at radius 1 is 1.00 bits per heavy atom. The summed E-state index contributed by atoms with van der Waals surface area (Å²) in [7, 11) is 0. The molecule has 0 saturated carbocycles. The van der Waals surface area contributed by atoms with Crippen molar-refractivity contribution in [1.29, 1.82) is 0 Å². The zero-order chi connectivity index (χ0) is 15.5. The Labute approximate surface area is 126 Å². The molecular weight excluding hydrogens is 260 g/mol. The number of rotatable bonds is 4. The van der Waals surface area contributed by atoms with Crippen molar-refractivity contribution in [3.05, 3.63) is 65.2 Å². The van der Waals surface area contributed by atoms with Crippen molar-refractivity contribution >= 4 is 5.78 Å². The van der Waals surface area contributed by atoms with E-state index in [4.69, 9.17) is 4.74 Å². The number of hydrogen-bond donors (Lipinski definition) is 0. The number of aryl methyl sites for hydroxylation is 1. The summed E-state index contributed by atoms with van der Waals surface area (Å²) in [5.41, 5.74) is 3.08. The Balaban J connectivity index is 2.00. The van der Waals surface area contributed by atoms with E-state index in [1.807, 2.05) is 55.5 Å². The molecule has 0 atom stereocenters. The molecule has 0 aliphatic heterocycles. The third kappa shape index (κ3) is 3.94. The predicted molar refractivity (Wildman–Crippen MR) is 86.1 cm³/mol. The Hall–Kier alpha value is -2.09. The maximum absolute atomic E-state index is 12.1. The largest absolute Gasteiger partial charge is 0.485 e. The van der Waals surface area contributed by atoms with Crippen molar-refractivity contribution < 1.29 is 9.53 Å². The van der Waals surface area contributed by atoms with Crippen LogP contribution in [0.15, 0.2) is 48.5 Å². The lowest BCUT2D eigenvalue weighted by molar-refractivity contribution is 0.0921. The fourth-order valence-electron chi connectivity index (χ4n) is 2.16. The molecule has 0 amide bonds. The fraction of sp³-hybridized carbons (Fsp3) is 0.316. The number of ether oxygens (including phenoxy) is 1. The quantitative estimate of drug-likeness (QED) is 0.769. The molecule has 2 heteroatoms. The second kappa shape index (κ2) is 6.13. The monoisotopic (exact) mass is 282 g/mol. The molecule has 2 rings (SSSR count). The Kier molecular flexibility index (Phi) is 4.46. The first-order valence-electron chi connectivity index (χ1n) is 7.20. The highest BCUT2D eigenvalue weighted by Gasteiger charge is 2.13. The van der Waals surface area contributed by atoms with Crippen LogP contribution >= 0.6 is 0 Å². The van der Waals surface area contributed by atoms with Gasteiger partial charge < -0.3 is 4.74 Å². The van der Waals surface area contributed by atoms with E-state index in [2.05, 4.69) is 20.8 Å². The summed E-state index contributed by atoms with van der Waals surface area (Å²) in [6, 6.07) is 15.5. The highest BCUT2D eigenvalue weighted by molar-refractivity contribution is 5.98. The topological polar surface area (TPSA) is 26.3 Å². The molecule has 0 fully saturated rings. The molecule has 0 unspecified atom stereocenters. The van der Waals surface area contributed by atoms with Crippen LogP contribution in [0.5, 0.6) is 5.75 Å². The first-order valence-corrected chi connectivity index (χ1v) is 7.20. The zero-order valence-corrected chi connectivity index (χ0v) is 13.1. The molecule has 0 bridgehead atoms. The number of Topliss-reactive ketones (excluding diaryl/α,β-unsaturated/α-hetero) is 1. The van der Waals surface area contributed by atoms with Gasteiger partial charge in [-0.2, -0.15) is 0 Å². The Morgan fingerprint density at radius 2 is 1.62 bits per heavy atom. The first kappa shape index (κ1) is 15.3. The van der Waals surface area contributed by atoms with Crippen LogP contribution in [0.1, 0.15) is 42.3 Å². The zero-order valence-electron chi connectivity index (χ0n) is 13.1. The minimum Gasteiger partial charge on any atom is -0.485 e. The molecule has 0 spiro atoms. The van der Waals surface area contributed by atoms with E-state index in [9.17, 15) is 4.79 Å². The van der Waals surface area contributed by atoms with E-state index >= 15 is 0 Å².